The highest BCUT2D eigenvalue weighted by Crippen LogP contribution is 2.22. The minimum Gasteiger partial charge on any atom is -0.347 e. The first-order valence-corrected chi connectivity index (χ1v) is 8.37. The normalized spacial score (nSPS) is 12.2. The Morgan fingerprint density at radius 3 is 2.62 bits per heavy atom. The highest BCUT2D eigenvalue weighted by atomic mass is 16.2. The molecule has 0 saturated heterocycles. The number of nitrogens with one attached hydrogen (secondary N) is 2. The molecule has 0 spiro atoms. The van der Waals surface area contributed by atoms with E-state index in [1.165, 1.54) is 0 Å². The van der Waals surface area contributed by atoms with Crippen LogP contribution in [-0.2, 0) is 11.3 Å². The topological polar surface area (TPSA) is 86.8 Å². The number of likely N-dealkylation sites (N-methyl/N-ethyl adjacent to an activating group) is 1. The lowest BCUT2D eigenvalue weighted by Gasteiger charge is -2.25. The van der Waals surface area contributed by atoms with E-state index in [9.17, 15) is 4.79 Å². The maximum absolute atomic E-state index is 12.8. The van der Waals surface area contributed by atoms with Crippen molar-refractivity contribution < 1.29 is 4.79 Å². The molecular weight excluding hydrogens is 328 g/mol. The summed E-state index contributed by atoms with van der Waals surface area (Å²) in [6.07, 6.45) is 3.38. The molecular formula is C19H22N6O. The number of carbonyl (C=O) groups is 1. The first-order chi connectivity index (χ1) is 12.6. The summed E-state index contributed by atoms with van der Waals surface area (Å²) in [7, 11) is 3.79. The van der Waals surface area contributed by atoms with Crippen molar-refractivity contribution in [3.05, 3.63) is 65.7 Å². The molecule has 0 fully saturated rings. The quantitative estimate of drug-likeness (QED) is 0.711. The number of benzene rings is 1. The summed E-state index contributed by atoms with van der Waals surface area (Å²) < 4.78 is 0. The molecule has 0 saturated carbocycles. The molecule has 1 atom stereocenters. The first kappa shape index (κ1) is 17.8. The third kappa shape index (κ3) is 3.94. The highest BCUT2D eigenvalue weighted by molar-refractivity contribution is 5.83. The van der Waals surface area contributed by atoms with E-state index in [0.717, 1.165) is 16.7 Å². The van der Waals surface area contributed by atoms with Crippen LogP contribution in [0.4, 0.5) is 0 Å². The second-order valence-electron chi connectivity index (χ2n) is 6.28. The van der Waals surface area contributed by atoms with Crippen LogP contribution in [0.1, 0.15) is 23.0 Å². The summed E-state index contributed by atoms with van der Waals surface area (Å²) in [6, 6.07) is 11.2. The predicted molar refractivity (Wildman–Crippen MR) is 99.1 cm³/mol. The lowest BCUT2D eigenvalue weighted by molar-refractivity contribution is -0.126. The summed E-state index contributed by atoms with van der Waals surface area (Å²) >= 11 is 0. The summed E-state index contributed by atoms with van der Waals surface area (Å²) in [4.78, 5) is 23.1. The van der Waals surface area contributed by atoms with Crippen LogP contribution in [0, 0.1) is 6.92 Å². The summed E-state index contributed by atoms with van der Waals surface area (Å²) in [6.45, 7) is 2.30. The van der Waals surface area contributed by atoms with Gasteiger partial charge in [-0.3, -0.25) is 19.8 Å². The number of rotatable bonds is 6. The van der Waals surface area contributed by atoms with Crippen LogP contribution in [0.3, 0.4) is 0 Å². The van der Waals surface area contributed by atoms with Gasteiger partial charge in [-0.15, -0.1) is 0 Å². The predicted octanol–water partition coefficient (Wildman–Crippen LogP) is 2.09. The van der Waals surface area contributed by atoms with Gasteiger partial charge < -0.3 is 5.32 Å². The van der Waals surface area contributed by atoms with Gasteiger partial charge in [0, 0.05) is 18.0 Å². The van der Waals surface area contributed by atoms with Crippen molar-refractivity contribution in [2.75, 3.05) is 14.1 Å². The maximum atomic E-state index is 12.8. The largest absolute Gasteiger partial charge is 0.347 e. The minimum atomic E-state index is -0.362. The Morgan fingerprint density at radius 2 is 1.92 bits per heavy atom. The van der Waals surface area contributed by atoms with Crippen LogP contribution in [0.2, 0.25) is 0 Å². The number of nitrogens with zero attached hydrogens (tertiary/aromatic N) is 4. The zero-order valence-corrected chi connectivity index (χ0v) is 15.1. The van der Waals surface area contributed by atoms with E-state index >= 15 is 0 Å². The molecule has 0 radical (unpaired) electrons. The Morgan fingerprint density at radius 1 is 1.19 bits per heavy atom. The van der Waals surface area contributed by atoms with Gasteiger partial charge in [0.25, 0.3) is 0 Å². The lowest BCUT2D eigenvalue weighted by Crippen LogP contribution is -2.37. The minimum absolute atomic E-state index is 0.0776. The third-order valence-corrected chi connectivity index (χ3v) is 4.15. The summed E-state index contributed by atoms with van der Waals surface area (Å²) in [5, 5.41) is 10.0. The molecule has 0 aliphatic carbocycles. The molecule has 26 heavy (non-hydrogen) atoms. The Labute approximate surface area is 152 Å². The van der Waals surface area contributed by atoms with Gasteiger partial charge in [0.2, 0.25) is 5.91 Å². The molecule has 2 heterocycles. The fourth-order valence-corrected chi connectivity index (χ4v) is 2.82. The number of aromatic nitrogens is 4. The molecule has 1 aromatic carbocycles. The molecule has 134 valence electrons. The van der Waals surface area contributed by atoms with Gasteiger partial charge in [-0.2, -0.15) is 5.10 Å². The van der Waals surface area contributed by atoms with Gasteiger partial charge in [0.15, 0.2) is 5.82 Å². The average molecular weight is 350 g/mol. The molecule has 2 aromatic heterocycles. The molecule has 0 aliphatic rings. The van der Waals surface area contributed by atoms with Crippen LogP contribution in [0.25, 0.3) is 11.4 Å². The van der Waals surface area contributed by atoms with Gasteiger partial charge in [-0.1, -0.05) is 24.3 Å². The first-order valence-electron chi connectivity index (χ1n) is 8.37. The highest BCUT2D eigenvalue weighted by Gasteiger charge is 2.24. The molecule has 1 amide bonds. The summed E-state index contributed by atoms with van der Waals surface area (Å²) in [5.41, 5.74) is 2.95. The van der Waals surface area contributed by atoms with Crippen LogP contribution in [0.15, 0.2) is 48.8 Å². The van der Waals surface area contributed by atoms with Gasteiger partial charge in [0.05, 0.1) is 6.54 Å². The number of hydrogen-bond donors (Lipinski definition) is 2. The second kappa shape index (κ2) is 7.88. The van der Waals surface area contributed by atoms with Crippen molar-refractivity contribution in [1.29, 1.82) is 0 Å². The van der Waals surface area contributed by atoms with Crippen LogP contribution < -0.4 is 5.32 Å². The fraction of sp³-hybridized carbons (Fsp3) is 0.263. The Balaban J connectivity index is 1.70. The van der Waals surface area contributed by atoms with Crippen molar-refractivity contribution in [1.82, 2.24) is 30.4 Å². The van der Waals surface area contributed by atoms with Gasteiger partial charge in [-0.25, -0.2) is 4.98 Å². The van der Waals surface area contributed by atoms with E-state index in [1.54, 1.807) is 12.4 Å². The number of pyridine rings is 1. The molecule has 7 heteroatoms. The zero-order chi connectivity index (χ0) is 18.5. The number of amides is 1. The van der Waals surface area contributed by atoms with Gasteiger partial charge >= 0.3 is 0 Å². The van der Waals surface area contributed by atoms with Gasteiger partial charge in [-0.05, 0) is 44.3 Å². The van der Waals surface area contributed by atoms with E-state index in [1.807, 2.05) is 62.3 Å². The number of H-pyrrole nitrogens is 1. The SMILES string of the molecule is Cc1ccccc1[C@@H](C(=O)NCc1nc(-c2ccncc2)n[nH]1)N(C)C. The van der Waals surface area contributed by atoms with Crippen molar-refractivity contribution in [3.63, 3.8) is 0 Å². The van der Waals surface area contributed by atoms with Crippen LogP contribution in [0.5, 0.6) is 0 Å². The number of aromatic amines is 1. The van der Waals surface area contributed by atoms with Crippen molar-refractivity contribution in [2.45, 2.75) is 19.5 Å². The molecule has 0 aliphatic heterocycles. The maximum Gasteiger partial charge on any atom is 0.242 e. The smallest absolute Gasteiger partial charge is 0.242 e. The average Bonchev–Trinajstić information content (AvgIpc) is 3.11. The summed E-state index contributed by atoms with van der Waals surface area (Å²) in [5.74, 6) is 1.11. The molecule has 3 aromatic rings. The number of carbonyl (C=O) groups excluding carboxylic acids is 1. The van der Waals surface area contributed by atoms with E-state index in [-0.39, 0.29) is 18.5 Å². The van der Waals surface area contributed by atoms with Crippen molar-refractivity contribution in [2.24, 2.45) is 0 Å². The van der Waals surface area contributed by atoms with Crippen molar-refractivity contribution in [3.8, 4) is 11.4 Å². The zero-order valence-electron chi connectivity index (χ0n) is 15.1. The van der Waals surface area contributed by atoms with Gasteiger partial charge in [0.1, 0.15) is 11.9 Å². The van der Waals surface area contributed by atoms with E-state index < -0.39 is 0 Å². The van der Waals surface area contributed by atoms with E-state index in [4.69, 9.17) is 0 Å². The Hall–Kier alpha value is -3.06. The molecule has 2 N–H and O–H groups in total. The van der Waals surface area contributed by atoms with Crippen LogP contribution in [-0.4, -0.2) is 45.1 Å². The number of hydrogen-bond acceptors (Lipinski definition) is 5. The van der Waals surface area contributed by atoms with Crippen molar-refractivity contribution >= 4 is 5.91 Å². The van der Waals surface area contributed by atoms with E-state index in [2.05, 4.69) is 25.5 Å². The fourth-order valence-electron chi connectivity index (χ4n) is 2.82. The number of aryl methyl sites for hydroxylation is 1. The second-order valence-corrected chi connectivity index (χ2v) is 6.28. The monoisotopic (exact) mass is 350 g/mol. The standard InChI is InChI=1S/C19H22N6O/c1-13-6-4-5-7-15(13)17(25(2)3)19(26)21-12-16-22-18(24-23-16)14-8-10-20-11-9-14/h4-11,17H,12H2,1-3H3,(H,21,26)(H,22,23,24)/t17-/m0/s1. The molecule has 3 rings (SSSR count). The molecule has 0 unspecified atom stereocenters. The lowest BCUT2D eigenvalue weighted by atomic mass is 10.00. The Kier molecular flexibility index (Phi) is 5.38. The molecule has 0 bridgehead atoms. The molecule has 7 nitrogen and oxygen atoms in total. The van der Waals surface area contributed by atoms with E-state index in [0.29, 0.717) is 11.6 Å². The Bertz CT molecular complexity index is 875. The van der Waals surface area contributed by atoms with Crippen LogP contribution >= 0.6 is 0 Å². The third-order valence-electron chi connectivity index (χ3n) is 4.15.